The van der Waals surface area contributed by atoms with Crippen LogP contribution < -0.4 is 10.4 Å². The van der Waals surface area contributed by atoms with E-state index in [0.717, 1.165) is 16.6 Å². The average molecular weight is 297 g/mol. The smallest absolute Gasteiger partial charge is 0.295 e. The van der Waals surface area contributed by atoms with E-state index in [4.69, 9.17) is 0 Å². The lowest BCUT2D eigenvalue weighted by molar-refractivity contribution is 0.583. The second-order valence-electron chi connectivity index (χ2n) is 4.77. The molecule has 110 valence electrons. The fraction of sp³-hybridized carbons (Fsp3) is 0.462. The third-order valence-electron chi connectivity index (χ3n) is 3.45. The summed E-state index contributed by atoms with van der Waals surface area (Å²) < 4.78 is 28.4. The molecular formula is C13H19N3O3S. The molecule has 20 heavy (non-hydrogen) atoms. The summed E-state index contributed by atoms with van der Waals surface area (Å²) in [4.78, 5) is 11.8. The number of imidazole rings is 1. The van der Waals surface area contributed by atoms with E-state index in [-0.39, 0.29) is 11.4 Å². The van der Waals surface area contributed by atoms with Gasteiger partial charge in [-0.15, -0.1) is 0 Å². The van der Waals surface area contributed by atoms with Crippen molar-refractivity contribution in [3.05, 3.63) is 34.2 Å². The van der Waals surface area contributed by atoms with E-state index >= 15 is 0 Å². The van der Waals surface area contributed by atoms with Crippen LogP contribution in [-0.4, -0.2) is 29.8 Å². The third-order valence-corrected chi connectivity index (χ3v) is 4.86. The summed E-state index contributed by atoms with van der Waals surface area (Å²) in [6.07, 6.45) is 0.595. The second-order valence-corrected chi connectivity index (χ2v) is 6.87. The lowest BCUT2D eigenvalue weighted by atomic mass is 10.1. The fourth-order valence-corrected chi connectivity index (χ4v) is 2.78. The van der Waals surface area contributed by atoms with Crippen LogP contribution in [0.2, 0.25) is 0 Å². The predicted molar refractivity (Wildman–Crippen MR) is 79.3 cm³/mol. The molecule has 0 saturated carbocycles. The van der Waals surface area contributed by atoms with Gasteiger partial charge in [0.05, 0.1) is 16.8 Å². The summed E-state index contributed by atoms with van der Waals surface area (Å²) in [6, 6.07) is 5.74. The van der Waals surface area contributed by atoms with Gasteiger partial charge in [-0.25, -0.2) is 17.9 Å². The monoisotopic (exact) mass is 297 g/mol. The third kappa shape index (κ3) is 2.78. The minimum Gasteiger partial charge on any atom is -0.295 e. The van der Waals surface area contributed by atoms with Gasteiger partial charge in [0.15, 0.2) is 0 Å². The number of hydrogen-bond donors (Lipinski definition) is 1. The van der Waals surface area contributed by atoms with Crippen LogP contribution in [0.5, 0.6) is 0 Å². The molecule has 7 heteroatoms. The topological polar surface area (TPSA) is 73.1 Å². The number of fused-ring (bicyclic) bond motifs is 1. The lowest BCUT2D eigenvalue weighted by Crippen LogP contribution is -2.27. The van der Waals surface area contributed by atoms with Gasteiger partial charge in [0.2, 0.25) is 10.0 Å². The number of nitrogens with one attached hydrogen (secondary N) is 1. The molecule has 1 heterocycles. The van der Waals surface area contributed by atoms with Gasteiger partial charge in [0.25, 0.3) is 0 Å². The molecule has 1 N–H and O–H groups in total. The van der Waals surface area contributed by atoms with Crippen molar-refractivity contribution in [1.82, 2.24) is 13.9 Å². The normalized spacial score (nSPS) is 12.2. The Morgan fingerprint density at radius 1 is 1.15 bits per heavy atom. The Balaban J connectivity index is 2.21. The van der Waals surface area contributed by atoms with Crippen LogP contribution >= 0.6 is 0 Å². The highest BCUT2D eigenvalue weighted by Gasteiger charge is 2.09. The molecule has 0 aliphatic rings. The van der Waals surface area contributed by atoms with Crippen LogP contribution in [0.4, 0.5) is 0 Å². The molecule has 6 nitrogen and oxygen atoms in total. The number of sulfonamides is 1. The summed E-state index contributed by atoms with van der Waals surface area (Å²) in [5.41, 5.74) is 2.66. The van der Waals surface area contributed by atoms with E-state index in [2.05, 4.69) is 4.72 Å². The zero-order valence-corrected chi connectivity index (χ0v) is 12.7. The van der Waals surface area contributed by atoms with Gasteiger partial charge in [-0.3, -0.25) is 9.13 Å². The first-order valence-electron chi connectivity index (χ1n) is 6.47. The molecule has 1 aromatic carbocycles. The van der Waals surface area contributed by atoms with E-state index in [1.54, 1.807) is 30.2 Å². The van der Waals surface area contributed by atoms with E-state index in [0.29, 0.717) is 13.0 Å². The maximum Gasteiger partial charge on any atom is 0.328 e. The summed E-state index contributed by atoms with van der Waals surface area (Å²) in [6.45, 7) is 1.97. The number of benzene rings is 1. The molecule has 2 rings (SSSR count). The van der Waals surface area contributed by atoms with E-state index < -0.39 is 10.0 Å². The van der Waals surface area contributed by atoms with Crippen molar-refractivity contribution in [2.75, 3.05) is 12.3 Å². The van der Waals surface area contributed by atoms with Gasteiger partial charge in [-0.2, -0.15) is 0 Å². The number of nitrogens with zero attached hydrogens (tertiary/aromatic N) is 2. The van der Waals surface area contributed by atoms with Crippen LogP contribution in [0.15, 0.2) is 23.0 Å². The zero-order chi connectivity index (χ0) is 14.9. The molecule has 0 unspecified atom stereocenters. The predicted octanol–water partition coefficient (Wildman–Crippen LogP) is 0.359. The van der Waals surface area contributed by atoms with E-state index in [1.165, 1.54) is 0 Å². The quantitative estimate of drug-likeness (QED) is 0.866. The summed E-state index contributed by atoms with van der Waals surface area (Å²) in [5, 5.41) is 0. The molecule has 0 spiro atoms. The molecule has 0 amide bonds. The highest BCUT2D eigenvalue weighted by molar-refractivity contribution is 7.89. The van der Waals surface area contributed by atoms with Crippen molar-refractivity contribution in [3.8, 4) is 0 Å². The molecule has 0 aliphatic heterocycles. The molecule has 0 aliphatic carbocycles. The Bertz CT molecular complexity index is 787. The summed E-state index contributed by atoms with van der Waals surface area (Å²) >= 11 is 0. The van der Waals surface area contributed by atoms with Gasteiger partial charge >= 0.3 is 5.69 Å². The highest BCUT2D eigenvalue weighted by atomic mass is 32.2. The Hall–Kier alpha value is -1.60. The van der Waals surface area contributed by atoms with Gasteiger partial charge in [0, 0.05) is 20.6 Å². The minimum absolute atomic E-state index is 0.0659. The van der Waals surface area contributed by atoms with Gasteiger partial charge in [0.1, 0.15) is 0 Å². The number of aromatic nitrogens is 2. The molecule has 0 saturated heterocycles. The van der Waals surface area contributed by atoms with Crippen molar-refractivity contribution in [2.24, 2.45) is 14.1 Å². The van der Waals surface area contributed by atoms with Crippen LogP contribution in [-0.2, 0) is 30.5 Å². The number of aryl methyl sites for hydroxylation is 2. The Morgan fingerprint density at radius 2 is 1.80 bits per heavy atom. The average Bonchev–Trinajstić information content (AvgIpc) is 2.64. The second kappa shape index (κ2) is 5.41. The molecular weight excluding hydrogens is 278 g/mol. The summed E-state index contributed by atoms with van der Waals surface area (Å²) in [7, 11) is 0.314. The van der Waals surface area contributed by atoms with Crippen LogP contribution in [0.25, 0.3) is 11.0 Å². The first kappa shape index (κ1) is 14.8. The van der Waals surface area contributed by atoms with Crippen molar-refractivity contribution in [2.45, 2.75) is 13.3 Å². The number of rotatable bonds is 5. The van der Waals surface area contributed by atoms with Crippen molar-refractivity contribution in [3.63, 3.8) is 0 Å². The Kier molecular flexibility index (Phi) is 4.01. The molecule has 0 atom stereocenters. The molecule has 0 bridgehead atoms. The van der Waals surface area contributed by atoms with Gasteiger partial charge < -0.3 is 0 Å². The SMILES string of the molecule is CCS(=O)(=O)NCCc1ccc2c(c1)n(C)c(=O)n2C. The molecule has 2 aromatic rings. The molecule has 0 fully saturated rings. The highest BCUT2D eigenvalue weighted by Crippen LogP contribution is 2.14. The standard InChI is InChI=1S/C13H19N3O3S/c1-4-20(18,19)14-8-7-10-5-6-11-12(9-10)16(3)13(17)15(11)2/h5-6,9,14H,4,7-8H2,1-3H3. The maximum atomic E-state index is 11.8. The van der Waals surface area contributed by atoms with Crippen LogP contribution in [0.1, 0.15) is 12.5 Å². The molecule has 1 aromatic heterocycles. The van der Waals surface area contributed by atoms with Crippen molar-refractivity contribution < 1.29 is 8.42 Å². The van der Waals surface area contributed by atoms with Crippen LogP contribution in [0, 0.1) is 0 Å². The van der Waals surface area contributed by atoms with Gasteiger partial charge in [-0.1, -0.05) is 6.07 Å². The first-order valence-corrected chi connectivity index (χ1v) is 8.12. The van der Waals surface area contributed by atoms with Crippen molar-refractivity contribution >= 4 is 21.1 Å². The first-order chi connectivity index (χ1) is 9.35. The van der Waals surface area contributed by atoms with Crippen LogP contribution in [0.3, 0.4) is 0 Å². The van der Waals surface area contributed by atoms with Crippen molar-refractivity contribution in [1.29, 1.82) is 0 Å². The Morgan fingerprint density at radius 3 is 2.45 bits per heavy atom. The zero-order valence-electron chi connectivity index (χ0n) is 11.9. The summed E-state index contributed by atoms with van der Waals surface area (Å²) in [5.74, 6) is 0.0826. The number of hydrogen-bond acceptors (Lipinski definition) is 3. The molecule has 0 radical (unpaired) electrons. The lowest BCUT2D eigenvalue weighted by Gasteiger charge is -2.05. The minimum atomic E-state index is -3.15. The largest absolute Gasteiger partial charge is 0.328 e. The van der Waals surface area contributed by atoms with E-state index in [1.807, 2.05) is 18.2 Å². The van der Waals surface area contributed by atoms with Gasteiger partial charge in [-0.05, 0) is 31.0 Å². The van der Waals surface area contributed by atoms with E-state index in [9.17, 15) is 13.2 Å². The Labute approximate surface area is 118 Å². The fourth-order valence-electron chi connectivity index (χ4n) is 2.16. The maximum absolute atomic E-state index is 11.8.